The van der Waals surface area contributed by atoms with Crippen LogP contribution < -0.4 is 19.7 Å². The van der Waals surface area contributed by atoms with Crippen LogP contribution in [0.1, 0.15) is 13.3 Å². The van der Waals surface area contributed by atoms with Crippen molar-refractivity contribution in [2.24, 2.45) is 5.92 Å². The highest BCUT2D eigenvalue weighted by molar-refractivity contribution is 6.10. The van der Waals surface area contributed by atoms with Crippen LogP contribution in [0.15, 0.2) is 53.7 Å². The fraction of sp³-hybridized carbons (Fsp3) is 0.261. The van der Waals surface area contributed by atoms with Crippen molar-refractivity contribution >= 4 is 29.2 Å². The number of rotatable bonds is 6. The number of nitrogens with one attached hydrogen (secondary N) is 1. The van der Waals surface area contributed by atoms with Gasteiger partial charge in [-0.2, -0.15) is 0 Å². The minimum absolute atomic E-state index is 0.0378. The Kier molecular flexibility index (Phi) is 6.77. The fourth-order valence-corrected chi connectivity index (χ4v) is 3.61. The number of nitrogens with zero attached hydrogens (tertiary/aromatic N) is 1. The molecule has 1 atom stereocenters. The molecule has 9 heteroatoms. The van der Waals surface area contributed by atoms with Crippen LogP contribution in [0.25, 0.3) is 0 Å². The van der Waals surface area contributed by atoms with Crippen molar-refractivity contribution in [3.63, 3.8) is 0 Å². The molecule has 0 bridgehead atoms. The van der Waals surface area contributed by atoms with Gasteiger partial charge in [-0.15, -0.1) is 0 Å². The van der Waals surface area contributed by atoms with Crippen LogP contribution >= 0.6 is 0 Å². The number of allylic oxidation sites excluding steroid dienone is 1. The Labute approximate surface area is 184 Å². The summed E-state index contributed by atoms with van der Waals surface area (Å²) in [4.78, 5) is 40.0. The lowest BCUT2D eigenvalue weighted by Crippen LogP contribution is -2.43. The summed E-state index contributed by atoms with van der Waals surface area (Å²) in [6.45, 7) is 1.54. The molecular formula is C23H23FN2O6. The van der Waals surface area contributed by atoms with E-state index in [0.717, 1.165) is 0 Å². The van der Waals surface area contributed by atoms with Gasteiger partial charge in [-0.1, -0.05) is 0 Å². The maximum absolute atomic E-state index is 13.3. The van der Waals surface area contributed by atoms with Crippen molar-refractivity contribution in [3.8, 4) is 11.5 Å². The van der Waals surface area contributed by atoms with Crippen molar-refractivity contribution < 1.29 is 33.0 Å². The largest absolute Gasteiger partial charge is 0.497 e. The molecule has 1 N–H and O–H groups in total. The second kappa shape index (κ2) is 9.51. The molecule has 168 valence electrons. The number of anilines is 2. The van der Waals surface area contributed by atoms with E-state index in [9.17, 15) is 18.8 Å². The maximum Gasteiger partial charge on any atom is 0.336 e. The van der Waals surface area contributed by atoms with Gasteiger partial charge in [0, 0.05) is 23.9 Å². The van der Waals surface area contributed by atoms with Gasteiger partial charge in [-0.25, -0.2) is 9.18 Å². The Hall–Kier alpha value is -3.88. The first-order valence-electron chi connectivity index (χ1n) is 9.71. The molecule has 1 unspecified atom stereocenters. The van der Waals surface area contributed by atoms with Crippen molar-refractivity contribution in [3.05, 3.63) is 59.6 Å². The van der Waals surface area contributed by atoms with Gasteiger partial charge in [0.1, 0.15) is 17.3 Å². The van der Waals surface area contributed by atoms with E-state index in [0.29, 0.717) is 22.9 Å². The molecule has 8 nitrogen and oxygen atoms in total. The highest BCUT2D eigenvalue weighted by Crippen LogP contribution is 2.35. The number of ether oxygens (including phenoxy) is 3. The molecule has 0 aromatic heterocycles. The third-order valence-electron chi connectivity index (χ3n) is 5.17. The predicted octanol–water partition coefficient (Wildman–Crippen LogP) is 3.28. The number of amides is 2. The summed E-state index contributed by atoms with van der Waals surface area (Å²) in [6.07, 6.45) is -0.280. The Morgan fingerprint density at radius 2 is 1.75 bits per heavy atom. The maximum atomic E-state index is 13.3. The summed E-state index contributed by atoms with van der Waals surface area (Å²) in [7, 11) is 4.13. The highest BCUT2D eigenvalue weighted by Gasteiger charge is 2.40. The topological polar surface area (TPSA) is 94.2 Å². The number of hydrogen-bond donors (Lipinski definition) is 1. The summed E-state index contributed by atoms with van der Waals surface area (Å²) < 4.78 is 28.7. The molecule has 32 heavy (non-hydrogen) atoms. The molecule has 1 aliphatic heterocycles. The average Bonchev–Trinajstić information content (AvgIpc) is 2.79. The third-order valence-corrected chi connectivity index (χ3v) is 5.17. The number of benzene rings is 2. The van der Waals surface area contributed by atoms with Gasteiger partial charge in [-0.05, 0) is 43.3 Å². The van der Waals surface area contributed by atoms with Crippen LogP contribution in [-0.2, 0) is 19.1 Å². The molecule has 2 aromatic rings. The van der Waals surface area contributed by atoms with Crippen LogP contribution in [0.3, 0.4) is 0 Å². The van der Waals surface area contributed by atoms with Crippen LogP contribution in [0, 0.1) is 11.7 Å². The van der Waals surface area contributed by atoms with Crippen molar-refractivity contribution in [1.29, 1.82) is 0 Å². The van der Waals surface area contributed by atoms with Gasteiger partial charge < -0.3 is 19.5 Å². The molecule has 2 amide bonds. The Morgan fingerprint density at radius 1 is 1.06 bits per heavy atom. The molecule has 1 aliphatic rings. The summed E-state index contributed by atoms with van der Waals surface area (Å²) in [5, 5.41) is 2.71. The van der Waals surface area contributed by atoms with Crippen molar-refractivity contribution in [1.82, 2.24) is 0 Å². The van der Waals surface area contributed by atoms with Gasteiger partial charge in [-0.3, -0.25) is 14.5 Å². The van der Waals surface area contributed by atoms with Gasteiger partial charge >= 0.3 is 5.97 Å². The van der Waals surface area contributed by atoms with E-state index in [4.69, 9.17) is 14.2 Å². The van der Waals surface area contributed by atoms with E-state index < -0.39 is 29.5 Å². The van der Waals surface area contributed by atoms with Gasteiger partial charge in [0.25, 0.3) is 0 Å². The Bertz CT molecular complexity index is 1080. The van der Waals surface area contributed by atoms with Gasteiger partial charge in [0.05, 0.1) is 38.5 Å². The first-order chi connectivity index (χ1) is 15.3. The minimum atomic E-state index is -1.09. The monoisotopic (exact) mass is 442 g/mol. The second-order valence-corrected chi connectivity index (χ2v) is 7.01. The minimum Gasteiger partial charge on any atom is -0.497 e. The van der Waals surface area contributed by atoms with Crippen molar-refractivity contribution in [2.75, 3.05) is 31.5 Å². The number of methoxy groups -OCH3 is 3. The zero-order chi connectivity index (χ0) is 23.4. The van der Waals surface area contributed by atoms with E-state index in [1.165, 1.54) is 50.5 Å². The van der Waals surface area contributed by atoms with E-state index >= 15 is 0 Å². The quantitative estimate of drug-likeness (QED) is 0.690. The predicted molar refractivity (Wildman–Crippen MR) is 115 cm³/mol. The third kappa shape index (κ3) is 4.41. The van der Waals surface area contributed by atoms with Crippen LogP contribution in [0.5, 0.6) is 11.5 Å². The van der Waals surface area contributed by atoms with Crippen molar-refractivity contribution in [2.45, 2.75) is 13.3 Å². The summed E-state index contributed by atoms with van der Waals surface area (Å²) in [6, 6.07) is 10.1. The first-order valence-corrected chi connectivity index (χ1v) is 9.71. The first kappa shape index (κ1) is 22.8. The fourth-order valence-electron chi connectivity index (χ4n) is 3.61. The van der Waals surface area contributed by atoms with E-state index in [1.54, 1.807) is 25.1 Å². The van der Waals surface area contributed by atoms with Gasteiger partial charge in [0.2, 0.25) is 11.8 Å². The van der Waals surface area contributed by atoms with Crippen LogP contribution in [0.2, 0.25) is 0 Å². The summed E-state index contributed by atoms with van der Waals surface area (Å²) >= 11 is 0. The molecule has 1 heterocycles. The lowest BCUT2D eigenvalue weighted by Gasteiger charge is -2.33. The summed E-state index contributed by atoms with van der Waals surface area (Å²) in [5.74, 6) is -2.42. The number of carbonyl (C=O) groups excluding carboxylic acids is 3. The second-order valence-electron chi connectivity index (χ2n) is 7.01. The highest BCUT2D eigenvalue weighted by atomic mass is 19.1. The molecule has 3 rings (SSSR count). The Balaban J connectivity index is 2.01. The Morgan fingerprint density at radius 3 is 2.34 bits per heavy atom. The molecule has 0 saturated carbocycles. The molecular weight excluding hydrogens is 419 g/mol. The molecule has 0 saturated heterocycles. The number of halogens is 1. The molecule has 0 aliphatic carbocycles. The SMILES string of the molecule is COC(=O)C1=C(C)N(c2ccc(F)cc2)C(=O)CC1C(=O)Nc1cc(OC)ccc1OC. The molecule has 2 aromatic carbocycles. The zero-order valence-electron chi connectivity index (χ0n) is 18.1. The van der Waals surface area contributed by atoms with Gasteiger partial charge in [0.15, 0.2) is 0 Å². The zero-order valence-corrected chi connectivity index (χ0v) is 18.1. The van der Waals surface area contributed by atoms with E-state index in [2.05, 4.69) is 5.32 Å². The average molecular weight is 442 g/mol. The number of hydrogen-bond acceptors (Lipinski definition) is 6. The molecule has 0 fully saturated rings. The normalized spacial score (nSPS) is 16.0. The van der Waals surface area contributed by atoms with E-state index in [-0.39, 0.29) is 17.7 Å². The lowest BCUT2D eigenvalue weighted by molar-refractivity contribution is -0.138. The standard InChI is InChI=1S/C23H23FN2O6/c1-13-21(23(29)32-4)17(12-20(27)26(13)15-7-5-14(24)6-8-15)22(28)25-18-11-16(30-2)9-10-19(18)31-3/h5-11,17H,12H2,1-4H3,(H,25,28). The smallest absolute Gasteiger partial charge is 0.336 e. The number of esters is 1. The molecule has 0 radical (unpaired) electrons. The lowest BCUT2D eigenvalue weighted by atomic mass is 9.88. The van der Waals surface area contributed by atoms with E-state index in [1.807, 2.05) is 0 Å². The van der Waals surface area contributed by atoms with Crippen LogP contribution in [-0.4, -0.2) is 39.1 Å². The van der Waals surface area contributed by atoms with Crippen LogP contribution in [0.4, 0.5) is 15.8 Å². The summed E-state index contributed by atoms with van der Waals surface area (Å²) in [5.41, 5.74) is 0.976. The number of carbonyl (C=O) groups is 3. The molecule has 0 spiro atoms.